The molecule has 11 nitrogen and oxygen atoms in total. The molecular formula is C26H33N5O6. The molecule has 5 N–H and O–H groups in total. The fraction of sp³-hybridized carbons (Fsp3) is 0.385. The first-order chi connectivity index (χ1) is 17.1. The molecule has 1 heterocycles. The van der Waals surface area contributed by atoms with Crippen molar-refractivity contribution in [3.8, 4) is 0 Å². The molecule has 2 atom stereocenters. The van der Waals surface area contributed by atoms with E-state index >= 15 is 0 Å². The smallest absolute Gasteiger partial charge is 0.421 e. The molecule has 0 aliphatic heterocycles. The van der Waals surface area contributed by atoms with Gasteiger partial charge in [-0.25, -0.2) is 19.1 Å². The molecule has 198 valence electrons. The van der Waals surface area contributed by atoms with Crippen LogP contribution in [0, 0.1) is 0 Å². The van der Waals surface area contributed by atoms with Crippen LogP contribution in [0.15, 0.2) is 48.5 Å². The summed E-state index contributed by atoms with van der Waals surface area (Å²) in [5.41, 5.74) is 5.90. The van der Waals surface area contributed by atoms with Crippen molar-refractivity contribution >= 4 is 40.8 Å². The Balaban J connectivity index is 1.86. The minimum Gasteiger partial charge on any atom is -0.444 e. The second kappa shape index (κ2) is 10.5. The highest BCUT2D eigenvalue weighted by Crippen LogP contribution is 2.25. The van der Waals surface area contributed by atoms with E-state index in [4.69, 9.17) is 15.2 Å². The number of alkyl carbamates (subject to hydrolysis) is 1. The normalized spacial score (nSPS) is 13.5. The van der Waals surface area contributed by atoms with E-state index in [1.54, 1.807) is 84.0 Å². The van der Waals surface area contributed by atoms with Gasteiger partial charge < -0.3 is 30.9 Å². The SMILES string of the molecule is CC(C)(C)OC(=O)N[C@@H](c1ccccc1)[C@@H](O)C(=O)Nc1ccc2nc(N)n(C(=O)OC(C)(C)C)c2c1. The minimum absolute atomic E-state index is 0.0709. The Morgan fingerprint density at radius 1 is 0.973 bits per heavy atom. The quantitative estimate of drug-likeness (QED) is 0.401. The number of nitrogens with two attached hydrogens (primary N) is 1. The summed E-state index contributed by atoms with van der Waals surface area (Å²) in [5, 5.41) is 16.1. The van der Waals surface area contributed by atoms with Gasteiger partial charge in [-0.1, -0.05) is 30.3 Å². The second-order valence-corrected chi connectivity index (χ2v) is 10.5. The molecule has 1 aromatic heterocycles. The number of carbonyl (C=O) groups is 3. The number of fused-ring (bicyclic) bond motifs is 1. The molecular weight excluding hydrogens is 478 g/mol. The van der Waals surface area contributed by atoms with Crippen molar-refractivity contribution in [2.24, 2.45) is 0 Å². The predicted molar refractivity (Wildman–Crippen MR) is 139 cm³/mol. The molecule has 3 aromatic rings. The highest BCUT2D eigenvalue weighted by Gasteiger charge is 2.31. The van der Waals surface area contributed by atoms with Gasteiger partial charge in [-0.15, -0.1) is 0 Å². The number of ether oxygens (including phenoxy) is 2. The lowest BCUT2D eigenvalue weighted by molar-refractivity contribution is -0.125. The van der Waals surface area contributed by atoms with Crippen molar-refractivity contribution < 1.29 is 29.0 Å². The number of amides is 2. The van der Waals surface area contributed by atoms with E-state index in [0.29, 0.717) is 16.6 Å². The Labute approximate surface area is 214 Å². The first-order valence-corrected chi connectivity index (χ1v) is 11.7. The molecule has 0 aliphatic rings. The van der Waals surface area contributed by atoms with Gasteiger partial charge in [0.05, 0.1) is 17.1 Å². The Bertz CT molecular complexity index is 1290. The highest BCUT2D eigenvalue weighted by atomic mass is 16.6. The van der Waals surface area contributed by atoms with Crippen molar-refractivity contribution in [2.45, 2.75) is 64.9 Å². The van der Waals surface area contributed by atoms with Gasteiger partial charge in [0.2, 0.25) is 5.95 Å². The zero-order chi connectivity index (χ0) is 27.5. The zero-order valence-electron chi connectivity index (χ0n) is 21.7. The number of imidazole rings is 1. The first-order valence-electron chi connectivity index (χ1n) is 11.7. The number of hydrogen-bond donors (Lipinski definition) is 4. The molecule has 3 rings (SSSR count). The number of carbonyl (C=O) groups excluding carboxylic acids is 3. The molecule has 0 spiro atoms. The van der Waals surface area contributed by atoms with Crippen LogP contribution in [0.5, 0.6) is 0 Å². The molecule has 2 amide bonds. The van der Waals surface area contributed by atoms with Crippen molar-refractivity contribution in [1.82, 2.24) is 14.9 Å². The average molecular weight is 512 g/mol. The predicted octanol–water partition coefficient (Wildman–Crippen LogP) is 3.97. The number of hydrogen-bond acceptors (Lipinski definition) is 8. The third kappa shape index (κ3) is 7.20. The number of nitrogens with one attached hydrogen (secondary N) is 2. The van der Waals surface area contributed by atoms with Crippen molar-refractivity contribution in [3.05, 3.63) is 54.1 Å². The van der Waals surface area contributed by atoms with Crippen LogP contribution in [0.4, 0.5) is 21.2 Å². The van der Waals surface area contributed by atoms with Gasteiger partial charge >= 0.3 is 12.2 Å². The number of anilines is 2. The maximum absolute atomic E-state index is 13.0. The maximum Gasteiger partial charge on any atom is 0.421 e. The third-order valence-electron chi connectivity index (χ3n) is 4.94. The van der Waals surface area contributed by atoms with Crippen LogP contribution in [0.1, 0.15) is 53.1 Å². The van der Waals surface area contributed by atoms with Gasteiger partial charge in [-0.3, -0.25) is 4.79 Å². The zero-order valence-corrected chi connectivity index (χ0v) is 21.7. The summed E-state index contributed by atoms with van der Waals surface area (Å²) in [4.78, 5) is 42.3. The maximum atomic E-state index is 13.0. The molecule has 0 saturated heterocycles. The van der Waals surface area contributed by atoms with Gasteiger partial charge in [0.15, 0.2) is 6.10 Å². The Morgan fingerprint density at radius 2 is 1.59 bits per heavy atom. The topological polar surface area (TPSA) is 158 Å². The van der Waals surface area contributed by atoms with Crippen molar-refractivity contribution in [2.75, 3.05) is 11.1 Å². The largest absolute Gasteiger partial charge is 0.444 e. The van der Waals surface area contributed by atoms with Gasteiger partial charge in [0.1, 0.15) is 11.2 Å². The van der Waals surface area contributed by atoms with Crippen LogP contribution in [0.25, 0.3) is 11.0 Å². The van der Waals surface area contributed by atoms with E-state index in [-0.39, 0.29) is 11.6 Å². The van der Waals surface area contributed by atoms with Crippen LogP contribution in [0.3, 0.4) is 0 Å². The summed E-state index contributed by atoms with van der Waals surface area (Å²) in [7, 11) is 0. The fourth-order valence-corrected chi connectivity index (χ4v) is 3.48. The van der Waals surface area contributed by atoms with E-state index in [1.165, 1.54) is 6.07 Å². The van der Waals surface area contributed by atoms with E-state index in [9.17, 15) is 19.5 Å². The van der Waals surface area contributed by atoms with E-state index < -0.39 is 41.4 Å². The van der Waals surface area contributed by atoms with Gasteiger partial charge in [-0.05, 0) is 65.3 Å². The molecule has 2 aromatic carbocycles. The fourth-order valence-electron chi connectivity index (χ4n) is 3.48. The summed E-state index contributed by atoms with van der Waals surface area (Å²) in [5.74, 6) is -0.862. The number of aliphatic hydroxyl groups excluding tert-OH is 1. The van der Waals surface area contributed by atoms with Gasteiger partial charge in [-0.2, -0.15) is 0 Å². The van der Waals surface area contributed by atoms with Crippen molar-refractivity contribution in [1.29, 1.82) is 0 Å². The number of aliphatic hydroxyl groups is 1. The molecule has 0 bridgehead atoms. The summed E-state index contributed by atoms with van der Waals surface area (Å²) in [6, 6.07) is 12.1. The molecule has 0 fully saturated rings. The van der Waals surface area contributed by atoms with Crippen LogP contribution in [-0.4, -0.2) is 50.1 Å². The van der Waals surface area contributed by atoms with Gasteiger partial charge in [0, 0.05) is 5.69 Å². The highest BCUT2D eigenvalue weighted by molar-refractivity contribution is 5.98. The van der Waals surface area contributed by atoms with Crippen LogP contribution < -0.4 is 16.4 Å². The number of nitrogens with zero attached hydrogens (tertiary/aromatic N) is 2. The summed E-state index contributed by atoms with van der Waals surface area (Å²) >= 11 is 0. The lowest BCUT2D eigenvalue weighted by Gasteiger charge is -2.26. The van der Waals surface area contributed by atoms with E-state index in [1.807, 2.05) is 0 Å². The standard InChI is InChI=1S/C26H33N5O6/c1-25(2,3)36-23(34)30-19(15-10-8-7-9-11-15)20(32)21(33)28-16-12-13-17-18(14-16)31(22(27)29-17)24(35)37-26(4,5)6/h7-14,19-20,32H,1-6H3,(H2,27,29)(H,28,33)(H,30,34)/t19-,20+/m0/s1. The van der Waals surface area contributed by atoms with Crippen LogP contribution in [0.2, 0.25) is 0 Å². The monoisotopic (exact) mass is 511 g/mol. The van der Waals surface area contributed by atoms with E-state index in [0.717, 1.165) is 4.57 Å². The molecule has 11 heteroatoms. The lowest BCUT2D eigenvalue weighted by atomic mass is 10.0. The molecule has 0 saturated carbocycles. The van der Waals surface area contributed by atoms with Crippen molar-refractivity contribution in [3.63, 3.8) is 0 Å². The van der Waals surface area contributed by atoms with Crippen LogP contribution in [-0.2, 0) is 14.3 Å². The molecule has 0 radical (unpaired) electrons. The number of aromatic nitrogens is 2. The average Bonchev–Trinajstić information content (AvgIpc) is 3.10. The number of nitrogen functional groups attached to an aromatic ring is 1. The Hall–Kier alpha value is -4.12. The number of rotatable bonds is 5. The molecule has 37 heavy (non-hydrogen) atoms. The lowest BCUT2D eigenvalue weighted by Crippen LogP contribution is -2.44. The molecule has 0 aliphatic carbocycles. The number of benzene rings is 2. The summed E-state index contributed by atoms with van der Waals surface area (Å²) in [6.45, 7) is 10.3. The Kier molecular flexibility index (Phi) is 7.77. The summed E-state index contributed by atoms with van der Waals surface area (Å²) < 4.78 is 11.8. The third-order valence-corrected chi connectivity index (χ3v) is 4.94. The van der Waals surface area contributed by atoms with Crippen LogP contribution >= 0.6 is 0 Å². The van der Waals surface area contributed by atoms with Gasteiger partial charge in [0.25, 0.3) is 5.91 Å². The minimum atomic E-state index is -1.67. The Morgan fingerprint density at radius 3 is 2.19 bits per heavy atom. The van der Waals surface area contributed by atoms with E-state index in [2.05, 4.69) is 15.6 Å². The molecule has 0 unspecified atom stereocenters. The first kappa shape index (κ1) is 27.5. The summed E-state index contributed by atoms with van der Waals surface area (Å²) in [6.07, 6.45) is -3.18. The second-order valence-electron chi connectivity index (χ2n) is 10.5.